The number of quaternary nitrogens is 1. The molecule has 1 aliphatic heterocycles. The number of hydrogen-bond acceptors (Lipinski definition) is 2. The maximum Gasteiger partial charge on any atom is 0.157 e. The smallest absolute Gasteiger partial charge is 0.157 e. The molecule has 2 aromatic carbocycles. The molecule has 0 fully saturated rings. The van der Waals surface area contributed by atoms with E-state index in [2.05, 4.69) is 0 Å². The molecule has 1 heterocycles. The highest BCUT2D eigenvalue weighted by Crippen LogP contribution is 2.35. The summed E-state index contributed by atoms with van der Waals surface area (Å²) >= 11 is 0. The highest BCUT2D eigenvalue weighted by Gasteiger charge is 2.30. The number of nitrogens with two attached hydrogens (primary N) is 1. The van der Waals surface area contributed by atoms with E-state index in [1.807, 2.05) is 5.32 Å². The van der Waals surface area contributed by atoms with Crippen LogP contribution in [0.1, 0.15) is 22.7 Å². The van der Waals surface area contributed by atoms with Crippen LogP contribution in [0.5, 0.6) is 11.5 Å². The fourth-order valence-corrected chi connectivity index (χ4v) is 2.76. The van der Waals surface area contributed by atoms with E-state index in [-0.39, 0.29) is 17.1 Å². The van der Waals surface area contributed by atoms with E-state index in [1.165, 1.54) is 30.3 Å². The van der Waals surface area contributed by atoms with Gasteiger partial charge in [-0.15, -0.1) is 0 Å². The highest BCUT2D eigenvalue weighted by molar-refractivity contribution is 5.49. The van der Waals surface area contributed by atoms with Gasteiger partial charge in [0.1, 0.15) is 17.7 Å². The van der Waals surface area contributed by atoms with E-state index < -0.39 is 17.7 Å². The zero-order valence-electron chi connectivity index (χ0n) is 10.6. The summed E-state index contributed by atoms with van der Waals surface area (Å²) in [6.45, 7) is 0.662. The molecule has 5 heteroatoms. The van der Waals surface area contributed by atoms with Gasteiger partial charge in [0.15, 0.2) is 11.5 Å². The van der Waals surface area contributed by atoms with Crippen LogP contribution in [0.2, 0.25) is 0 Å². The Kier molecular flexibility index (Phi) is 3.06. The van der Waals surface area contributed by atoms with E-state index in [0.717, 1.165) is 5.56 Å². The molecule has 0 amide bonds. The average molecular weight is 278 g/mol. The summed E-state index contributed by atoms with van der Waals surface area (Å²) < 4.78 is 27.9. The lowest BCUT2D eigenvalue weighted by Crippen LogP contribution is -2.87. The molecule has 0 saturated carbocycles. The third-order valence-electron chi connectivity index (χ3n) is 3.70. The number of phenols is 2. The predicted octanol–water partition coefficient (Wildman–Crippen LogP) is 1.58. The molecule has 2 aromatic rings. The Morgan fingerprint density at radius 3 is 2.40 bits per heavy atom. The van der Waals surface area contributed by atoms with Crippen LogP contribution in [-0.4, -0.2) is 16.8 Å². The van der Waals surface area contributed by atoms with Gasteiger partial charge in [-0.05, 0) is 29.8 Å². The van der Waals surface area contributed by atoms with Gasteiger partial charge in [0.25, 0.3) is 0 Å². The summed E-state index contributed by atoms with van der Waals surface area (Å²) in [5, 5.41) is 21.0. The second-order valence-corrected chi connectivity index (χ2v) is 4.93. The van der Waals surface area contributed by atoms with E-state index in [4.69, 9.17) is 0 Å². The molecule has 104 valence electrons. The minimum absolute atomic E-state index is 0.0152. The van der Waals surface area contributed by atoms with Gasteiger partial charge in [0, 0.05) is 12.0 Å². The van der Waals surface area contributed by atoms with Crippen LogP contribution < -0.4 is 5.32 Å². The molecule has 4 N–H and O–H groups in total. The largest absolute Gasteiger partial charge is 0.504 e. The Labute approximate surface area is 114 Å². The van der Waals surface area contributed by atoms with Crippen molar-refractivity contribution in [1.29, 1.82) is 0 Å². The number of hydrogen-bond donors (Lipinski definition) is 3. The van der Waals surface area contributed by atoms with Gasteiger partial charge in [-0.2, -0.15) is 0 Å². The zero-order chi connectivity index (χ0) is 14.3. The van der Waals surface area contributed by atoms with Gasteiger partial charge in [-0.3, -0.25) is 0 Å². The molecule has 0 spiro atoms. The second-order valence-electron chi connectivity index (χ2n) is 4.93. The molecular formula is C15H14F2NO2+. The molecule has 0 aromatic heterocycles. The molecule has 20 heavy (non-hydrogen) atoms. The number of fused-ring (bicyclic) bond motifs is 1. The first-order valence-electron chi connectivity index (χ1n) is 6.40. The molecule has 0 unspecified atom stereocenters. The van der Waals surface area contributed by atoms with Crippen molar-refractivity contribution in [2.75, 3.05) is 6.54 Å². The van der Waals surface area contributed by atoms with Crippen molar-refractivity contribution in [3.05, 3.63) is 58.7 Å². The molecule has 1 atom stereocenters. The standard InChI is InChI=1S/C15H13F2NO2/c16-10-2-1-3-11(17)14(10)15-9-7-13(20)12(19)6-8(9)4-5-18-15/h1-3,6-7,15,18-20H,4-5H2/p+1/t15-/m1/s1. The summed E-state index contributed by atoms with van der Waals surface area (Å²) in [7, 11) is 0. The Balaban J connectivity index is 2.17. The number of rotatable bonds is 1. The van der Waals surface area contributed by atoms with Crippen LogP contribution in [0.4, 0.5) is 8.78 Å². The lowest BCUT2D eigenvalue weighted by molar-refractivity contribution is -0.690. The molecule has 0 radical (unpaired) electrons. The average Bonchev–Trinajstić information content (AvgIpc) is 2.40. The predicted molar refractivity (Wildman–Crippen MR) is 68.5 cm³/mol. The van der Waals surface area contributed by atoms with Crippen LogP contribution in [-0.2, 0) is 6.42 Å². The number of aromatic hydroxyl groups is 2. The fraction of sp³-hybridized carbons (Fsp3) is 0.200. The van der Waals surface area contributed by atoms with Crippen LogP contribution in [0.15, 0.2) is 30.3 Å². The summed E-state index contributed by atoms with van der Waals surface area (Å²) in [6, 6.07) is 6.07. The first-order chi connectivity index (χ1) is 9.58. The third kappa shape index (κ3) is 2.00. The van der Waals surface area contributed by atoms with Gasteiger partial charge in [0.05, 0.1) is 12.1 Å². The maximum absolute atomic E-state index is 13.9. The van der Waals surface area contributed by atoms with Crippen molar-refractivity contribution in [3.8, 4) is 11.5 Å². The monoisotopic (exact) mass is 278 g/mol. The lowest BCUT2D eigenvalue weighted by atomic mass is 9.89. The summed E-state index contributed by atoms with van der Waals surface area (Å²) in [6.07, 6.45) is 0.676. The van der Waals surface area contributed by atoms with Crippen molar-refractivity contribution in [2.45, 2.75) is 12.5 Å². The van der Waals surface area contributed by atoms with Gasteiger partial charge < -0.3 is 15.5 Å². The van der Waals surface area contributed by atoms with Crippen LogP contribution >= 0.6 is 0 Å². The van der Waals surface area contributed by atoms with Gasteiger partial charge in [-0.25, -0.2) is 8.78 Å². The van der Waals surface area contributed by atoms with Gasteiger partial charge >= 0.3 is 0 Å². The zero-order valence-corrected chi connectivity index (χ0v) is 10.6. The van der Waals surface area contributed by atoms with Crippen molar-refractivity contribution in [3.63, 3.8) is 0 Å². The van der Waals surface area contributed by atoms with Crippen LogP contribution in [0.25, 0.3) is 0 Å². The van der Waals surface area contributed by atoms with Crippen LogP contribution in [0.3, 0.4) is 0 Å². The Bertz CT molecular complexity index is 653. The van der Waals surface area contributed by atoms with Gasteiger partial charge in [0.2, 0.25) is 0 Å². The van der Waals surface area contributed by atoms with Crippen molar-refractivity contribution in [1.82, 2.24) is 0 Å². The first kappa shape index (κ1) is 12.9. The molecule has 3 nitrogen and oxygen atoms in total. The van der Waals surface area contributed by atoms with E-state index >= 15 is 0 Å². The second kappa shape index (κ2) is 4.76. The minimum atomic E-state index is -0.605. The summed E-state index contributed by atoms with van der Waals surface area (Å²) in [5.74, 6) is -1.70. The van der Waals surface area contributed by atoms with Gasteiger partial charge in [-0.1, -0.05) is 6.07 Å². The first-order valence-corrected chi connectivity index (χ1v) is 6.40. The molecule has 3 rings (SSSR count). The lowest BCUT2D eigenvalue weighted by Gasteiger charge is -2.25. The molecule has 0 bridgehead atoms. The third-order valence-corrected chi connectivity index (χ3v) is 3.70. The number of phenolic OH excluding ortho intramolecular Hbond substituents is 2. The number of halogens is 2. The molecule has 0 aliphatic carbocycles. The highest BCUT2D eigenvalue weighted by atomic mass is 19.1. The molecule has 0 saturated heterocycles. The fourth-order valence-electron chi connectivity index (χ4n) is 2.76. The van der Waals surface area contributed by atoms with Crippen molar-refractivity contribution in [2.24, 2.45) is 0 Å². The maximum atomic E-state index is 13.9. The van der Waals surface area contributed by atoms with E-state index in [9.17, 15) is 19.0 Å². The van der Waals surface area contributed by atoms with Crippen molar-refractivity contribution < 1.29 is 24.3 Å². The normalized spacial score (nSPS) is 17.8. The van der Waals surface area contributed by atoms with E-state index in [0.29, 0.717) is 18.5 Å². The molecule has 1 aliphatic rings. The Hall–Kier alpha value is -2.14. The van der Waals surface area contributed by atoms with Crippen molar-refractivity contribution >= 4 is 0 Å². The van der Waals surface area contributed by atoms with E-state index in [1.54, 1.807) is 0 Å². The molecular weight excluding hydrogens is 264 g/mol. The summed E-state index contributed by atoms with van der Waals surface area (Å²) in [5.41, 5.74) is 1.42. The minimum Gasteiger partial charge on any atom is -0.504 e. The number of benzene rings is 2. The quantitative estimate of drug-likeness (QED) is 0.694. The summed E-state index contributed by atoms with van der Waals surface area (Å²) in [4.78, 5) is 0. The van der Waals surface area contributed by atoms with Crippen LogP contribution in [0, 0.1) is 11.6 Å². The SMILES string of the molecule is Oc1cc2c(cc1O)[C@H](c1c(F)cccc1F)[NH2+]CC2. The Morgan fingerprint density at radius 1 is 1.05 bits per heavy atom. The topological polar surface area (TPSA) is 57.1 Å². The Morgan fingerprint density at radius 2 is 1.70 bits per heavy atom.